The third-order valence-corrected chi connectivity index (χ3v) is 4.76. The Kier molecular flexibility index (Phi) is 9.11. The lowest BCUT2D eigenvalue weighted by Crippen LogP contribution is -2.37. The first-order valence-corrected chi connectivity index (χ1v) is 8.89. The number of aromatic nitrogens is 1. The maximum absolute atomic E-state index is 13.3. The molecule has 1 fully saturated rings. The largest absolute Gasteiger partial charge is 0.467 e. The zero-order chi connectivity index (χ0) is 16.8. The molecule has 0 spiro atoms. The highest BCUT2D eigenvalue weighted by atomic mass is 16.3. The van der Waals surface area contributed by atoms with Gasteiger partial charge in [0, 0.05) is 18.1 Å². The first-order valence-electron chi connectivity index (χ1n) is 8.89. The third-order valence-electron chi connectivity index (χ3n) is 4.76. The van der Waals surface area contributed by atoms with Crippen LogP contribution >= 0.6 is 0 Å². The van der Waals surface area contributed by atoms with Gasteiger partial charge in [-0.1, -0.05) is 47.0 Å². The minimum Gasteiger partial charge on any atom is -0.467 e. The molecule has 1 saturated carbocycles. The normalized spacial score (nSPS) is 16.3. The molecule has 5 radical (unpaired) electrons. The molecule has 2 heterocycles. The van der Waals surface area contributed by atoms with Crippen LogP contribution in [-0.2, 0) is 4.79 Å². The number of rotatable bonds is 4. The Balaban J connectivity index is 0.00000169. The molecule has 1 aliphatic rings. The summed E-state index contributed by atoms with van der Waals surface area (Å²) in [5.74, 6) is 1.98. The summed E-state index contributed by atoms with van der Waals surface area (Å²) in [5, 5.41) is 0. The fraction of sp³-hybridized carbons (Fsp3) is 0.409. The zero-order valence-electron chi connectivity index (χ0n) is 15.7. The summed E-state index contributed by atoms with van der Waals surface area (Å²) in [6, 6.07) is 7.42. The summed E-state index contributed by atoms with van der Waals surface area (Å²) >= 11 is 0. The van der Waals surface area contributed by atoms with Crippen LogP contribution in [0.25, 0.3) is 0 Å². The lowest BCUT2D eigenvalue weighted by atomic mass is 9.89. The number of carbonyl (C=O) groups excluding carboxylic acids is 1. The molecule has 0 N–H and O–H groups in total. The van der Waals surface area contributed by atoms with Crippen LogP contribution in [0, 0.1) is 20.8 Å². The fourth-order valence-electron chi connectivity index (χ4n) is 3.39. The number of furan rings is 1. The van der Waals surface area contributed by atoms with Gasteiger partial charge in [0.25, 0.3) is 0 Å². The van der Waals surface area contributed by atoms with E-state index in [0.717, 1.165) is 43.0 Å². The van der Waals surface area contributed by atoms with Gasteiger partial charge in [-0.3, -0.25) is 9.78 Å². The molecule has 1 unspecified atom stereocenters. The topological polar surface area (TPSA) is 46.3 Å². The Morgan fingerprint density at radius 3 is 2.23 bits per heavy atom. The van der Waals surface area contributed by atoms with Gasteiger partial charge in [-0.2, -0.15) is 0 Å². The van der Waals surface area contributed by atoms with Gasteiger partial charge in [0.1, 0.15) is 5.76 Å². The summed E-state index contributed by atoms with van der Waals surface area (Å²) in [5.41, 5.74) is 0.869. The summed E-state index contributed by atoms with van der Waals surface area (Å²) in [7, 11) is 0. The molecule has 0 aliphatic heterocycles. The van der Waals surface area contributed by atoms with Crippen LogP contribution in [0.3, 0.4) is 0 Å². The van der Waals surface area contributed by atoms with Gasteiger partial charge in [0.05, 0.1) is 18.2 Å². The van der Waals surface area contributed by atoms with Gasteiger partial charge >= 0.3 is 0 Å². The van der Waals surface area contributed by atoms with E-state index in [9.17, 15) is 4.79 Å². The molecule has 0 aromatic carbocycles. The van der Waals surface area contributed by atoms with E-state index in [4.69, 9.17) is 4.42 Å². The summed E-state index contributed by atoms with van der Waals surface area (Å²) in [4.78, 5) is 19.3. The number of carbonyl (C=O) groups is 1. The maximum Gasteiger partial charge on any atom is 0.234 e. The van der Waals surface area contributed by atoms with Crippen LogP contribution in [0.4, 0.5) is 5.69 Å². The van der Waals surface area contributed by atoms with Crippen molar-refractivity contribution in [3.8, 4) is 0 Å². The molecular formula is C22H29N2O2. The van der Waals surface area contributed by atoms with Gasteiger partial charge in [-0.25, -0.2) is 0 Å². The van der Waals surface area contributed by atoms with E-state index in [1.54, 1.807) is 18.7 Å². The van der Waals surface area contributed by atoms with Crippen molar-refractivity contribution in [2.75, 3.05) is 4.90 Å². The van der Waals surface area contributed by atoms with Gasteiger partial charge in [-0.05, 0) is 44.0 Å². The minimum atomic E-state index is -0.146. The van der Waals surface area contributed by atoms with Crippen molar-refractivity contribution in [3.05, 3.63) is 69.5 Å². The fourth-order valence-corrected chi connectivity index (χ4v) is 3.39. The molecule has 2 aromatic heterocycles. The van der Waals surface area contributed by atoms with Crippen LogP contribution in [0.2, 0.25) is 0 Å². The minimum absolute atomic E-state index is 0. The molecule has 4 nitrogen and oxygen atoms in total. The van der Waals surface area contributed by atoms with Crippen LogP contribution in [-0.4, -0.2) is 10.9 Å². The summed E-state index contributed by atoms with van der Waals surface area (Å²) < 4.78 is 5.56. The average molecular weight is 353 g/mol. The van der Waals surface area contributed by atoms with Crippen molar-refractivity contribution in [3.63, 3.8) is 0 Å². The Morgan fingerprint density at radius 1 is 1.04 bits per heavy atom. The molecule has 139 valence electrons. The molecule has 1 amide bonds. The Morgan fingerprint density at radius 2 is 1.65 bits per heavy atom. The zero-order valence-corrected chi connectivity index (χ0v) is 15.7. The van der Waals surface area contributed by atoms with E-state index in [1.165, 1.54) is 19.3 Å². The van der Waals surface area contributed by atoms with Crippen LogP contribution in [0.1, 0.15) is 63.7 Å². The number of anilines is 1. The lowest BCUT2D eigenvalue weighted by molar-refractivity contribution is -0.117. The summed E-state index contributed by atoms with van der Waals surface area (Å²) in [6.07, 6.45) is 12.9. The van der Waals surface area contributed by atoms with Crippen LogP contribution in [0.5, 0.6) is 0 Å². The molecule has 3 rings (SSSR count). The average Bonchev–Trinajstić information content (AvgIpc) is 3.10. The van der Waals surface area contributed by atoms with E-state index in [0.29, 0.717) is 0 Å². The molecular weight excluding hydrogens is 324 g/mol. The number of pyridine rings is 1. The highest BCUT2D eigenvalue weighted by Gasteiger charge is 2.31. The van der Waals surface area contributed by atoms with E-state index >= 15 is 0 Å². The predicted molar refractivity (Wildman–Crippen MR) is 105 cm³/mol. The molecule has 26 heavy (non-hydrogen) atoms. The number of nitrogens with zero attached hydrogens (tertiary/aromatic N) is 2. The second-order valence-corrected chi connectivity index (χ2v) is 6.44. The van der Waals surface area contributed by atoms with E-state index in [2.05, 4.69) is 4.98 Å². The van der Waals surface area contributed by atoms with Crippen LogP contribution < -0.4 is 4.90 Å². The molecule has 1 atom stereocenters. The van der Waals surface area contributed by atoms with Gasteiger partial charge < -0.3 is 9.32 Å². The van der Waals surface area contributed by atoms with Crippen molar-refractivity contribution in [1.82, 2.24) is 4.98 Å². The lowest BCUT2D eigenvalue weighted by Gasteiger charge is -2.32. The summed E-state index contributed by atoms with van der Waals surface area (Å²) in [6.45, 7) is 2.01. The van der Waals surface area contributed by atoms with Gasteiger partial charge in [0.2, 0.25) is 5.91 Å². The standard InChI is InChI=1S/C20H25N2O2.2CH2/c1-16(19-10-7-15-24-19)22(18-11-13-21-14-12-18)20(23)17-8-5-3-2-4-6-9-17;;/h7,10-16H,2-6,8-9H2,1H3;2*1H2. The van der Waals surface area contributed by atoms with Crippen LogP contribution in [0.15, 0.2) is 47.3 Å². The predicted octanol–water partition coefficient (Wildman–Crippen LogP) is 5.74. The van der Waals surface area contributed by atoms with Crippen molar-refractivity contribution >= 4 is 11.6 Å². The molecule has 0 bridgehead atoms. The van der Waals surface area contributed by atoms with E-state index < -0.39 is 0 Å². The SMILES string of the molecule is CC(c1ccco1)N(C(=O)[C]1CCCCCCC1)c1ccncc1.[CH2].[CH2]. The van der Waals surface area contributed by atoms with Crippen molar-refractivity contribution in [2.24, 2.45) is 0 Å². The van der Waals surface area contributed by atoms with E-state index in [1.807, 2.05) is 36.1 Å². The Labute approximate surface area is 158 Å². The number of hydrogen-bond acceptors (Lipinski definition) is 3. The first-order chi connectivity index (χ1) is 11.8. The van der Waals surface area contributed by atoms with Gasteiger partial charge in [-0.15, -0.1) is 0 Å². The molecule has 4 heteroatoms. The van der Waals surface area contributed by atoms with Crippen molar-refractivity contribution < 1.29 is 9.21 Å². The quantitative estimate of drug-likeness (QED) is 0.704. The van der Waals surface area contributed by atoms with E-state index in [-0.39, 0.29) is 26.8 Å². The highest BCUT2D eigenvalue weighted by molar-refractivity contribution is 6.03. The number of amides is 1. The van der Waals surface area contributed by atoms with Crippen molar-refractivity contribution in [2.45, 2.75) is 57.9 Å². The Hall–Kier alpha value is -2.10. The first kappa shape index (κ1) is 21.9. The molecule has 2 aromatic rings. The number of hydrogen-bond donors (Lipinski definition) is 0. The monoisotopic (exact) mass is 353 g/mol. The smallest absolute Gasteiger partial charge is 0.234 e. The second-order valence-electron chi connectivity index (χ2n) is 6.44. The Bertz CT molecular complexity index is 617. The second kappa shape index (κ2) is 10.8. The van der Waals surface area contributed by atoms with Crippen molar-refractivity contribution in [1.29, 1.82) is 0 Å². The van der Waals surface area contributed by atoms with Gasteiger partial charge in [0.15, 0.2) is 0 Å². The molecule has 1 aliphatic carbocycles. The third kappa shape index (κ3) is 5.20. The highest BCUT2D eigenvalue weighted by Crippen LogP contribution is 2.33. The maximum atomic E-state index is 13.3. The molecule has 0 saturated heterocycles.